The van der Waals surface area contributed by atoms with Crippen LogP contribution in [0.5, 0.6) is 17.2 Å². The van der Waals surface area contributed by atoms with E-state index in [1.165, 1.54) is 16.2 Å². The number of aliphatic hydroxyl groups is 1. The van der Waals surface area contributed by atoms with E-state index in [0.29, 0.717) is 40.8 Å². The average Bonchev–Trinajstić information content (AvgIpc) is 3.65. The maximum Gasteiger partial charge on any atom is 0.301 e. The SMILES string of the molecule is CCCCOc1ccc([C@@H]2/C(=C(\O)c3ccc4c(c3)C[C@@H](C)O4)C(=O)C(=O)N2c2nc3c(C)cc(C)cc3s2)cc1OC. The van der Waals surface area contributed by atoms with E-state index in [1.54, 1.807) is 31.4 Å². The summed E-state index contributed by atoms with van der Waals surface area (Å²) in [4.78, 5) is 33.8. The van der Waals surface area contributed by atoms with E-state index in [-0.39, 0.29) is 17.4 Å². The summed E-state index contributed by atoms with van der Waals surface area (Å²) < 4.78 is 18.4. The van der Waals surface area contributed by atoms with Gasteiger partial charge in [0.15, 0.2) is 16.6 Å². The second kappa shape index (κ2) is 11.4. The summed E-state index contributed by atoms with van der Waals surface area (Å²) >= 11 is 1.34. The number of ketones is 1. The monoisotopic (exact) mass is 598 g/mol. The molecule has 1 fully saturated rings. The van der Waals surface area contributed by atoms with Gasteiger partial charge < -0.3 is 19.3 Å². The van der Waals surface area contributed by atoms with E-state index < -0.39 is 17.7 Å². The normalized spacial score (nSPS) is 19.1. The molecule has 6 rings (SSSR count). The highest BCUT2D eigenvalue weighted by molar-refractivity contribution is 7.22. The van der Waals surface area contributed by atoms with Crippen molar-refractivity contribution in [2.45, 2.75) is 59.1 Å². The number of ether oxygens (including phenoxy) is 3. The van der Waals surface area contributed by atoms with Crippen LogP contribution in [-0.2, 0) is 16.0 Å². The summed E-state index contributed by atoms with van der Waals surface area (Å²) in [7, 11) is 1.55. The minimum Gasteiger partial charge on any atom is -0.507 e. The number of hydrogen-bond donors (Lipinski definition) is 1. The van der Waals surface area contributed by atoms with Gasteiger partial charge in [-0.3, -0.25) is 14.5 Å². The van der Waals surface area contributed by atoms with Crippen molar-refractivity contribution in [1.82, 2.24) is 4.98 Å². The summed E-state index contributed by atoms with van der Waals surface area (Å²) in [5, 5.41) is 12.1. The number of methoxy groups -OCH3 is 1. The molecule has 4 aromatic rings. The molecule has 2 aliphatic heterocycles. The van der Waals surface area contributed by atoms with Crippen molar-refractivity contribution in [3.05, 3.63) is 81.9 Å². The number of aliphatic hydroxyl groups excluding tert-OH is 1. The molecule has 2 atom stereocenters. The van der Waals surface area contributed by atoms with Gasteiger partial charge in [0, 0.05) is 12.0 Å². The van der Waals surface area contributed by atoms with Gasteiger partial charge in [-0.1, -0.05) is 36.8 Å². The molecule has 0 bridgehead atoms. The molecule has 3 heterocycles. The van der Waals surface area contributed by atoms with Crippen molar-refractivity contribution in [3.63, 3.8) is 0 Å². The lowest BCUT2D eigenvalue weighted by Gasteiger charge is -2.24. The van der Waals surface area contributed by atoms with Crippen LogP contribution < -0.4 is 19.1 Å². The molecule has 3 aromatic carbocycles. The Kier molecular flexibility index (Phi) is 7.60. The van der Waals surface area contributed by atoms with Gasteiger partial charge in [-0.05, 0) is 85.8 Å². The van der Waals surface area contributed by atoms with Crippen molar-refractivity contribution in [2.24, 2.45) is 0 Å². The smallest absolute Gasteiger partial charge is 0.301 e. The summed E-state index contributed by atoms with van der Waals surface area (Å²) in [6.07, 6.45) is 2.60. The van der Waals surface area contributed by atoms with Gasteiger partial charge in [0.1, 0.15) is 17.6 Å². The lowest BCUT2D eigenvalue weighted by Crippen LogP contribution is -2.29. The topological polar surface area (TPSA) is 98.2 Å². The molecule has 0 unspecified atom stereocenters. The van der Waals surface area contributed by atoms with Crippen LogP contribution in [-0.4, -0.2) is 41.6 Å². The van der Waals surface area contributed by atoms with E-state index in [4.69, 9.17) is 19.2 Å². The maximum absolute atomic E-state index is 13.8. The highest BCUT2D eigenvalue weighted by Gasteiger charge is 2.48. The Morgan fingerprint density at radius 2 is 1.93 bits per heavy atom. The van der Waals surface area contributed by atoms with Crippen LogP contribution in [0.25, 0.3) is 16.0 Å². The predicted molar refractivity (Wildman–Crippen MR) is 168 cm³/mol. The van der Waals surface area contributed by atoms with E-state index in [9.17, 15) is 14.7 Å². The number of benzene rings is 3. The Balaban J connectivity index is 1.52. The first kappa shape index (κ1) is 28.7. The number of carbonyl (C=O) groups excluding carboxylic acids is 2. The quantitative estimate of drug-likeness (QED) is 0.100. The molecule has 222 valence electrons. The van der Waals surface area contributed by atoms with Crippen molar-refractivity contribution < 1.29 is 28.9 Å². The number of aromatic nitrogens is 1. The van der Waals surface area contributed by atoms with Gasteiger partial charge >= 0.3 is 5.91 Å². The molecular weight excluding hydrogens is 564 g/mol. The number of anilines is 1. The maximum atomic E-state index is 13.8. The largest absolute Gasteiger partial charge is 0.507 e. The number of nitrogens with zero attached hydrogens (tertiary/aromatic N) is 2. The number of rotatable bonds is 8. The molecule has 1 amide bonds. The second-order valence-corrected chi connectivity index (χ2v) is 12.2. The van der Waals surface area contributed by atoms with Gasteiger partial charge in [-0.25, -0.2) is 4.98 Å². The van der Waals surface area contributed by atoms with Crippen LogP contribution in [0.3, 0.4) is 0 Å². The molecule has 2 aliphatic rings. The van der Waals surface area contributed by atoms with Crippen molar-refractivity contribution in [3.8, 4) is 17.2 Å². The Bertz CT molecular complexity index is 1790. The summed E-state index contributed by atoms with van der Waals surface area (Å²) in [5.74, 6) is 0.0182. The Labute approximate surface area is 254 Å². The molecule has 0 spiro atoms. The predicted octanol–water partition coefficient (Wildman–Crippen LogP) is 7.05. The minimum atomic E-state index is -0.941. The number of fused-ring (bicyclic) bond motifs is 2. The highest BCUT2D eigenvalue weighted by Crippen LogP contribution is 2.46. The summed E-state index contributed by atoms with van der Waals surface area (Å²) in [5.41, 5.74) is 4.80. The highest BCUT2D eigenvalue weighted by atomic mass is 32.1. The number of hydrogen-bond acceptors (Lipinski definition) is 8. The molecule has 43 heavy (non-hydrogen) atoms. The van der Waals surface area contributed by atoms with Gasteiger partial charge in [-0.15, -0.1) is 0 Å². The standard InChI is InChI=1S/C34H34N2O6S/c1-6-7-12-41-25-11-8-21(17-26(25)40-5)30-28(31(37)22-9-10-24-23(16-22)15-20(4)42-24)32(38)33(39)36(30)34-35-29-19(3)13-18(2)14-27(29)43-34/h8-11,13-14,16-17,20,30,37H,6-7,12,15H2,1-5H3/b31-28+/t20-,30-/m1/s1. The third kappa shape index (κ3) is 5.12. The molecule has 0 radical (unpaired) electrons. The molecule has 1 aromatic heterocycles. The number of amides is 1. The lowest BCUT2D eigenvalue weighted by molar-refractivity contribution is -0.132. The number of unbranched alkanes of at least 4 members (excludes halogenated alkanes) is 1. The van der Waals surface area contributed by atoms with Crippen molar-refractivity contribution in [1.29, 1.82) is 0 Å². The first-order valence-corrected chi connectivity index (χ1v) is 15.3. The van der Waals surface area contributed by atoms with Gasteiger partial charge in [0.2, 0.25) is 0 Å². The fourth-order valence-electron chi connectivity index (χ4n) is 5.83. The molecule has 8 nitrogen and oxygen atoms in total. The van der Waals surface area contributed by atoms with Crippen LogP contribution >= 0.6 is 11.3 Å². The van der Waals surface area contributed by atoms with Gasteiger partial charge in [-0.2, -0.15) is 0 Å². The Morgan fingerprint density at radius 3 is 2.70 bits per heavy atom. The van der Waals surface area contributed by atoms with Crippen molar-refractivity contribution >= 4 is 44.1 Å². The number of aryl methyl sites for hydroxylation is 2. The van der Waals surface area contributed by atoms with Crippen LogP contribution in [0.15, 0.2) is 54.1 Å². The summed E-state index contributed by atoms with van der Waals surface area (Å²) in [6.45, 7) is 8.60. The zero-order chi connectivity index (χ0) is 30.4. The third-order valence-electron chi connectivity index (χ3n) is 7.90. The van der Waals surface area contributed by atoms with E-state index in [1.807, 2.05) is 45.0 Å². The van der Waals surface area contributed by atoms with Gasteiger partial charge in [0.25, 0.3) is 5.78 Å². The average molecular weight is 599 g/mol. The first-order chi connectivity index (χ1) is 20.7. The van der Waals surface area contributed by atoms with Crippen LogP contribution in [0, 0.1) is 13.8 Å². The molecule has 9 heteroatoms. The van der Waals surface area contributed by atoms with Crippen molar-refractivity contribution in [2.75, 3.05) is 18.6 Å². The lowest BCUT2D eigenvalue weighted by atomic mass is 9.94. The fourth-order valence-corrected chi connectivity index (χ4v) is 7.00. The molecule has 1 N–H and O–H groups in total. The zero-order valence-corrected chi connectivity index (χ0v) is 25.7. The molecule has 0 saturated carbocycles. The van der Waals surface area contributed by atoms with Crippen LogP contribution in [0.1, 0.15) is 60.5 Å². The second-order valence-electron chi connectivity index (χ2n) is 11.2. The fraction of sp³-hybridized carbons (Fsp3) is 0.324. The number of carbonyl (C=O) groups is 2. The van der Waals surface area contributed by atoms with Gasteiger partial charge in [0.05, 0.1) is 35.5 Å². The Hall–Kier alpha value is -4.37. The van der Waals surface area contributed by atoms with Crippen LogP contribution in [0.2, 0.25) is 0 Å². The molecule has 1 saturated heterocycles. The summed E-state index contributed by atoms with van der Waals surface area (Å²) in [6, 6.07) is 13.8. The van der Waals surface area contributed by atoms with Crippen LogP contribution in [0.4, 0.5) is 5.13 Å². The Morgan fingerprint density at radius 1 is 1.12 bits per heavy atom. The van der Waals surface area contributed by atoms with E-state index >= 15 is 0 Å². The molecular formula is C34H34N2O6S. The first-order valence-electron chi connectivity index (χ1n) is 14.5. The third-order valence-corrected chi connectivity index (χ3v) is 8.90. The molecule has 0 aliphatic carbocycles. The number of thiazole rings is 1. The van der Waals surface area contributed by atoms with E-state index in [2.05, 4.69) is 6.92 Å². The number of Topliss-reactive ketones (excluding diaryl/α,β-unsaturated/α-hetero) is 1. The minimum absolute atomic E-state index is 0.00854. The van der Waals surface area contributed by atoms with E-state index in [0.717, 1.165) is 45.5 Å². The zero-order valence-electron chi connectivity index (χ0n) is 24.9.